The number of amides is 2. The maximum atomic E-state index is 11.7. The van der Waals surface area contributed by atoms with E-state index in [1.54, 1.807) is 18.2 Å². The van der Waals surface area contributed by atoms with Gasteiger partial charge in [0, 0.05) is 10.2 Å². The van der Waals surface area contributed by atoms with Crippen LogP contribution in [0.5, 0.6) is 0 Å². The lowest BCUT2D eigenvalue weighted by atomic mass is 10.2. The first-order valence-corrected chi connectivity index (χ1v) is 8.25. The van der Waals surface area contributed by atoms with Gasteiger partial charge in [0.2, 0.25) is 0 Å². The molecule has 20 heavy (non-hydrogen) atoms. The number of thioether (sulfide) groups is 1. The van der Waals surface area contributed by atoms with Gasteiger partial charge < -0.3 is 15.7 Å². The van der Waals surface area contributed by atoms with Crippen molar-refractivity contribution in [2.45, 2.75) is 12.5 Å². The fraction of sp³-hybridized carbons (Fsp3) is 0.333. The van der Waals surface area contributed by atoms with E-state index in [4.69, 9.17) is 16.7 Å². The second-order valence-corrected chi connectivity index (χ2v) is 6.15. The minimum absolute atomic E-state index is 0.366. The summed E-state index contributed by atoms with van der Waals surface area (Å²) in [6, 6.07) is 3.45. The standard InChI is InChI=1S/C12H14BrClN2O3S/c1-20-5-4-10(11(17)18)16-12(19)15-7-2-3-8(13)9(14)6-7/h2-3,6,10H,4-5H2,1H3,(H,17,18)(H2,15,16,19)/t10-/m0/s1. The number of carbonyl (C=O) groups is 2. The second kappa shape index (κ2) is 8.39. The Labute approximate surface area is 134 Å². The normalized spacial score (nSPS) is 11.8. The predicted molar refractivity (Wildman–Crippen MR) is 85.7 cm³/mol. The maximum Gasteiger partial charge on any atom is 0.326 e. The Hall–Kier alpha value is -0.920. The summed E-state index contributed by atoms with van der Waals surface area (Å²) in [7, 11) is 0. The molecular weight excluding hydrogens is 368 g/mol. The number of carboxylic acids is 1. The number of hydrogen-bond donors (Lipinski definition) is 3. The summed E-state index contributed by atoms with van der Waals surface area (Å²) < 4.78 is 0.716. The number of nitrogens with one attached hydrogen (secondary N) is 2. The molecule has 8 heteroatoms. The van der Waals surface area contributed by atoms with Crippen LogP contribution >= 0.6 is 39.3 Å². The molecule has 5 nitrogen and oxygen atoms in total. The van der Waals surface area contributed by atoms with Crippen molar-refractivity contribution in [2.75, 3.05) is 17.3 Å². The van der Waals surface area contributed by atoms with Crippen LogP contribution in [0.2, 0.25) is 5.02 Å². The number of rotatable bonds is 6. The molecule has 0 bridgehead atoms. The van der Waals surface area contributed by atoms with E-state index in [9.17, 15) is 9.59 Å². The van der Waals surface area contributed by atoms with Gasteiger partial charge in [-0.3, -0.25) is 0 Å². The lowest BCUT2D eigenvalue weighted by Gasteiger charge is -2.14. The van der Waals surface area contributed by atoms with Crippen LogP contribution in [0.3, 0.4) is 0 Å². The Morgan fingerprint density at radius 2 is 2.20 bits per heavy atom. The Balaban J connectivity index is 2.60. The van der Waals surface area contributed by atoms with Crippen LogP contribution in [0.25, 0.3) is 0 Å². The van der Waals surface area contributed by atoms with Crippen molar-refractivity contribution in [3.63, 3.8) is 0 Å². The molecule has 0 aliphatic rings. The third kappa shape index (κ3) is 5.60. The lowest BCUT2D eigenvalue weighted by molar-refractivity contribution is -0.139. The van der Waals surface area contributed by atoms with Crippen molar-refractivity contribution >= 4 is 57.0 Å². The number of hydrogen-bond acceptors (Lipinski definition) is 3. The first-order chi connectivity index (χ1) is 9.43. The average molecular weight is 382 g/mol. The van der Waals surface area contributed by atoms with Gasteiger partial charge in [-0.1, -0.05) is 11.6 Å². The van der Waals surface area contributed by atoms with Crippen LogP contribution in [0.1, 0.15) is 6.42 Å². The van der Waals surface area contributed by atoms with Gasteiger partial charge in [0.15, 0.2) is 0 Å². The highest BCUT2D eigenvalue weighted by Crippen LogP contribution is 2.25. The zero-order valence-corrected chi connectivity index (χ0v) is 13.8. The highest BCUT2D eigenvalue weighted by atomic mass is 79.9. The predicted octanol–water partition coefficient (Wildman–Crippen LogP) is 3.43. The Morgan fingerprint density at radius 3 is 2.75 bits per heavy atom. The van der Waals surface area contributed by atoms with Crippen LogP contribution in [-0.4, -0.2) is 35.2 Å². The van der Waals surface area contributed by atoms with E-state index >= 15 is 0 Å². The molecule has 0 radical (unpaired) electrons. The molecule has 0 spiro atoms. The summed E-state index contributed by atoms with van der Waals surface area (Å²) in [5, 5.41) is 14.4. The van der Waals surface area contributed by atoms with Gasteiger partial charge in [-0.2, -0.15) is 11.8 Å². The quantitative estimate of drug-likeness (QED) is 0.705. The van der Waals surface area contributed by atoms with E-state index in [0.29, 0.717) is 27.4 Å². The zero-order chi connectivity index (χ0) is 15.1. The molecule has 0 fully saturated rings. The molecule has 0 saturated carbocycles. The third-order valence-electron chi connectivity index (χ3n) is 2.39. The van der Waals surface area contributed by atoms with E-state index in [0.717, 1.165) is 0 Å². The number of urea groups is 1. The van der Waals surface area contributed by atoms with Crippen molar-refractivity contribution in [1.29, 1.82) is 0 Å². The summed E-state index contributed by atoms with van der Waals surface area (Å²) in [6.45, 7) is 0. The SMILES string of the molecule is CSCC[C@H](NC(=O)Nc1ccc(Br)c(Cl)c1)C(=O)O. The number of carboxylic acid groups (broad SMARTS) is 1. The van der Waals surface area contributed by atoms with E-state index in [2.05, 4.69) is 26.6 Å². The molecule has 0 unspecified atom stereocenters. The van der Waals surface area contributed by atoms with Crippen LogP contribution in [0.15, 0.2) is 22.7 Å². The van der Waals surface area contributed by atoms with Gasteiger partial charge in [0.05, 0.1) is 5.02 Å². The molecule has 3 N–H and O–H groups in total. The third-order valence-corrected chi connectivity index (χ3v) is 4.27. The molecule has 2 amide bonds. The van der Waals surface area contributed by atoms with Crippen molar-refractivity contribution < 1.29 is 14.7 Å². The van der Waals surface area contributed by atoms with Crippen molar-refractivity contribution in [1.82, 2.24) is 5.32 Å². The first kappa shape index (κ1) is 17.1. The fourth-order valence-corrected chi connectivity index (χ4v) is 2.29. The monoisotopic (exact) mass is 380 g/mol. The summed E-state index contributed by atoms with van der Waals surface area (Å²) in [5.74, 6) is -0.399. The van der Waals surface area contributed by atoms with E-state index < -0.39 is 18.0 Å². The molecule has 0 heterocycles. The van der Waals surface area contributed by atoms with Crippen molar-refractivity contribution in [2.24, 2.45) is 0 Å². The van der Waals surface area contributed by atoms with Crippen molar-refractivity contribution in [3.8, 4) is 0 Å². The topological polar surface area (TPSA) is 78.4 Å². The van der Waals surface area contributed by atoms with Gasteiger partial charge in [-0.25, -0.2) is 9.59 Å². The van der Waals surface area contributed by atoms with Crippen LogP contribution in [-0.2, 0) is 4.79 Å². The maximum absolute atomic E-state index is 11.7. The lowest BCUT2D eigenvalue weighted by Crippen LogP contribution is -2.43. The summed E-state index contributed by atoms with van der Waals surface area (Å²) >= 11 is 10.7. The molecule has 0 aliphatic heterocycles. The number of aliphatic carboxylic acids is 1. The number of halogens is 2. The molecule has 1 rings (SSSR count). The first-order valence-electron chi connectivity index (χ1n) is 5.68. The number of carbonyl (C=O) groups excluding carboxylic acids is 1. The molecule has 0 aliphatic carbocycles. The van der Waals surface area contributed by atoms with Gasteiger partial charge in [-0.05, 0) is 52.6 Å². The molecular formula is C12H14BrClN2O3S. The van der Waals surface area contributed by atoms with Crippen LogP contribution in [0.4, 0.5) is 10.5 Å². The van der Waals surface area contributed by atoms with E-state index in [1.807, 2.05) is 6.26 Å². The highest BCUT2D eigenvalue weighted by molar-refractivity contribution is 9.10. The minimum atomic E-state index is -1.05. The van der Waals surface area contributed by atoms with Crippen LogP contribution in [0, 0.1) is 0 Å². The van der Waals surface area contributed by atoms with E-state index in [-0.39, 0.29) is 0 Å². The summed E-state index contributed by atoms with van der Waals surface area (Å²) in [5.41, 5.74) is 0.490. The van der Waals surface area contributed by atoms with Crippen LogP contribution < -0.4 is 10.6 Å². The molecule has 0 saturated heterocycles. The second-order valence-electron chi connectivity index (χ2n) is 3.90. The molecule has 1 aromatic rings. The van der Waals surface area contributed by atoms with E-state index in [1.165, 1.54) is 11.8 Å². The molecule has 1 aromatic carbocycles. The van der Waals surface area contributed by atoms with Crippen molar-refractivity contribution in [3.05, 3.63) is 27.7 Å². The Morgan fingerprint density at radius 1 is 1.50 bits per heavy atom. The number of benzene rings is 1. The molecule has 1 atom stereocenters. The minimum Gasteiger partial charge on any atom is -0.480 e. The van der Waals surface area contributed by atoms with Gasteiger partial charge >= 0.3 is 12.0 Å². The zero-order valence-electron chi connectivity index (χ0n) is 10.7. The summed E-state index contributed by atoms with van der Waals surface area (Å²) in [6.07, 6.45) is 2.24. The summed E-state index contributed by atoms with van der Waals surface area (Å²) in [4.78, 5) is 22.8. The largest absolute Gasteiger partial charge is 0.480 e. The Bertz CT molecular complexity index is 502. The average Bonchev–Trinajstić information content (AvgIpc) is 2.38. The molecule has 0 aromatic heterocycles. The highest BCUT2D eigenvalue weighted by Gasteiger charge is 2.19. The van der Waals surface area contributed by atoms with Gasteiger partial charge in [0.25, 0.3) is 0 Å². The fourth-order valence-electron chi connectivity index (χ4n) is 1.39. The Kier molecular flexibility index (Phi) is 7.18. The molecule has 110 valence electrons. The van der Waals surface area contributed by atoms with Gasteiger partial charge in [-0.15, -0.1) is 0 Å². The smallest absolute Gasteiger partial charge is 0.326 e. The number of anilines is 1. The van der Waals surface area contributed by atoms with Gasteiger partial charge in [0.1, 0.15) is 6.04 Å².